The van der Waals surface area contributed by atoms with Crippen LogP contribution in [0.1, 0.15) is 0 Å². The van der Waals surface area contributed by atoms with E-state index in [4.69, 9.17) is 4.84 Å². The minimum Gasteiger partial charge on any atom is -0.276 e. The Hall–Kier alpha value is -0.190. The lowest BCUT2D eigenvalue weighted by Crippen LogP contribution is -2.16. The predicted octanol–water partition coefficient (Wildman–Crippen LogP) is 2.88. The van der Waals surface area contributed by atoms with Crippen LogP contribution in [0.25, 0.3) is 0 Å². The molecule has 0 bridgehead atoms. The second-order valence-electron chi connectivity index (χ2n) is 2.45. The van der Waals surface area contributed by atoms with E-state index in [1.807, 2.05) is 11.1 Å². The molecule has 2 nitrogen and oxygen atoms in total. The van der Waals surface area contributed by atoms with Gasteiger partial charge in [0.2, 0.25) is 0 Å². The van der Waals surface area contributed by atoms with Crippen LogP contribution in [0.2, 0.25) is 0 Å². The van der Waals surface area contributed by atoms with E-state index in [9.17, 15) is 0 Å². The molecule has 0 aliphatic carbocycles. The summed E-state index contributed by atoms with van der Waals surface area (Å²) in [6, 6.07) is 6.19. The first-order valence-corrected chi connectivity index (χ1v) is 5.33. The van der Waals surface area contributed by atoms with Gasteiger partial charge in [0.1, 0.15) is 0 Å². The first kappa shape index (κ1) is 8.41. The molecular weight excluding hydrogens is 238 g/mol. The van der Waals surface area contributed by atoms with Gasteiger partial charge in [-0.25, -0.2) is 5.06 Å². The highest BCUT2D eigenvalue weighted by Gasteiger charge is 2.19. The van der Waals surface area contributed by atoms with Crippen molar-refractivity contribution in [1.29, 1.82) is 0 Å². The van der Waals surface area contributed by atoms with Gasteiger partial charge in [-0.05, 0) is 18.2 Å². The molecule has 4 heteroatoms. The van der Waals surface area contributed by atoms with Gasteiger partial charge in [-0.2, -0.15) is 0 Å². The van der Waals surface area contributed by atoms with E-state index in [0.29, 0.717) is 0 Å². The summed E-state index contributed by atoms with van der Waals surface area (Å²) in [4.78, 5) is 6.44. The number of hydrogen-bond donors (Lipinski definition) is 0. The van der Waals surface area contributed by atoms with E-state index in [0.717, 1.165) is 16.0 Å². The smallest absolute Gasteiger partial charge is 0.0957 e. The lowest BCUT2D eigenvalue weighted by atomic mass is 10.3. The predicted molar refractivity (Wildman–Crippen MR) is 54.4 cm³/mol. The summed E-state index contributed by atoms with van der Waals surface area (Å²) in [6.07, 6.45) is 0. The molecule has 1 aliphatic heterocycles. The molecule has 0 amide bonds. The van der Waals surface area contributed by atoms with Gasteiger partial charge in [-0.3, -0.25) is 4.84 Å². The first-order valence-electron chi connectivity index (χ1n) is 3.55. The van der Waals surface area contributed by atoms with Crippen LogP contribution in [0, 0.1) is 0 Å². The minimum absolute atomic E-state index is 0.877. The Morgan fingerprint density at radius 1 is 1.58 bits per heavy atom. The number of nitrogens with zero attached hydrogens (tertiary/aromatic N) is 1. The Kier molecular flexibility index (Phi) is 2.30. The molecule has 64 valence electrons. The molecule has 1 aromatic rings. The number of hydroxylamine groups is 1. The lowest BCUT2D eigenvalue weighted by molar-refractivity contribution is 0.181. The maximum absolute atomic E-state index is 5.17. The van der Waals surface area contributed by atoms with E-state index in [1.165, 1.54) is 4.90 Å². The number of fused-ring (bicyclic) bond motifs is 1. The molecule has 0 aromatic heterocycles. The largest absolute Gasteiger partial charge is 0.276 e. The summed E-state index contributed by atoms with van der Waals surface area (Å²) in [7, 11) is 1.69. The summed E-state index contributed by atoms with van der Waals surface area (Å²) in [5.74, 6) is 0.877. The van der Waals surface area contributed by atoms with Crippen molar-refractivity contribution in [3.8, 4) is 0 Å². The molecule has 0 fully saturated rings. The SMILES string of the molecule is CON1CSc2cc(Br)ccc21. The molecule has 12 heavy (non-hydrogen) atoms. The zero-order chi connectivity index (χ0) is 8.55. The molecule has 0 N–H and O–H groups in total. The molecule has 1 aliphatic rings. The van der Waals surface area contributed by atoms with E-state index < -0.39 is 0 Å². The van der Waals surface area contributed by atoms with Crippen LogP contribution in [0.15, 0.2) is 27.6 Å². The minimum atomic E-state index is 0.877. The Morgan fingerprint density at radius 2 is 2.42 bits per heavy atom. The Balaban J connectivity index is 2.40. The van der Waals surface area contributed by atoms with Crippen molar-refractivity contribution in [3.05, 3.63) is 22.7 Å². The van der Waals surface area contributed by atoms with Crippen LogP contribution in [0.4, 0.5) is 5.69 Å². The maximum Gasteiger partial charge on any atom is 0.0957 e. The quantitative estimate of drug-likeness (QED) is 0.756. The van der Waals surface area contributed by atoms with Crippen molar-refractivity contribution in [2.75, 3.05) is 18.0 Å². The third kappa shape index (κ3) is 1.34. The Morgan fingerprint density at radius 3 is 3.17 bits per heavy atom. The number of benzene rings is 1. The van der Waals surface area contributed by atoms with Gasteiger partial charge in [-0.15, -0.1) is 0 Å². The monoisotopic (exact) mass is 245 g/mol. The van der Waals surface area contributed by atoms with Crippen molar-refractivity contribution in [2.45, 2.75) is 4.90 Å². The zero-order valence-corrected chi connectivity index (χ0v) is 8.98. The zero-order valence-electron chi connectivity index (χ0n) is 6.58. The van der Waals surface area contributed by atoms with E-state index in [2.05, 4.69) is 28.1 Å². The van der Waals surface area contributed by atoms with Gasteiger partial charge < -0.3 is 0 Å². The number of thioether (sulfide) groups is 1. The molecule has 1 heterocycles. The van der Waals surface area contributed by atoms with Gasteiger partial charge in [0.05, 0.1) is 18.7 Å². The van der Waals surface area contributed by atoms with Crippen molar-refractivity contribution >= 4 is 33.4 Å². The second kappa shape index (κ2) is 3.28. The summed E-state index contributed by atoms with van der Waals surface area (Å²) in [5.41, 5.74) is 1.16. The number of halogens is 1. The second-order valence-corrected chi connectivity index (χ2v) is 4.35. The fourth-order valence-electron chi connectivity index (χ4n) is 1.16. The van der Waals surface area contributed by atoms with Gasteiger partial charge in [0.15, 0.2) is 0 Å². The highest BCUT2D eigenvalue weighted by molar-refractivity contribution is 9.10. The van der Waals surface area contributed by atoms with E-state index >= 15 is 0 Å². The van der Waals surface area contributed by atoms with Crippen LogP contribution >= 0.6 is 27.7 Å². The number of hydrogen-bond acceptors (Lipinski definition) is 3. The van der Waals surface area contributed by atoms with Gasteiger partial charge in [0, 0.05) is 9.37 Å². The average Bonchev–Trinajstić information content (AvgIpc) is 2.46. The third-order valence-corrected chi connectivity index (χ3v) is 3.24. The average molecular weight is 246 g/mol. The Labute approximate surface area is 84.0 Å². The summed E-state index contributed by atoms with van der Waals surface area (Å²) < 4.78 is 1.12. The molecule has 2 rings (SSSR count). The van der Waals surface area contributed by atoms with Crippen LogP contribution in [-0.2, 0) is 4.84 Å². The molecule has 0 saturated heterocycles. The number of rotatable bonds is 1. The first-order chi connectivity index (χ1) is 5.81. The molecule has 0 spiro atoms. The van der Waals surface area contributed by atoms with Crippen molar-refractivity contribution in [2.24, 2.45) is 0 Å². The van der Waals surface area contributed by atoms with E-state index in [-0.39, 0.29) is 0 Å². The molecule has 1 aromatic carbocycles. The fourth-order valence-corrected chi connectivity index (χ4v) is 2.70. The van der Waals surface area contributed by atoms with Gasteiger partial charge >= 0.3 is 0 Å². The van der Waals surface area contributed by atoms with Crippen molar-refractivity contribution in [3.63, 3.8) is 0 Å². The molecule has 0 unspecified atom stereocenters. The summed E-state index contributed by atoms with van der Waals surface area (Å²) >= 11 is 5.22. The summed E-state index contributed by atoms with van der Waals surface area (Å²) in [5, 5.41) is 1.88. The van der Waals surface area contributed by atoms with E-state index in [1.54, 1.807) is 18.9 Å². The van der Waals surface area contributed by atoms with Gasteiger partial charge in [0.25, 0.3) is 0 Å². The number of anilines is 1. The third-order valence-electron chi connectivity index (χ3n) is 1.75. The van der Waals surface area contributed by atoms with Crippen molar-refractivity contribution in [1.82, 2.24) is 0 Å². The fraction of sp³-hybridized carbons (Fsp3) is 0.250. The molecular formula is C8H8BrNOS. The van der Waals surface area contributed by atoms with Crippen LogP contribution in [0.3, 0.4) is 0 Å². The highest BCUT2D eigenvalue weighted by atomic mass is 79.9. The van der Waals surface area contributed by atoms with Crippen LogP contribution in [-0.4, -0.2) is 13.0 Å². The maximum atomic E-state index is 5.17. The topological polar surface area (TPSA) is 12.5 Å². The van der Waals surface area contributed by atoms with Crippen LogP contribution < -0.4 is 5.06 Å². The highest BCUT2D eigenvalue weighted by Crippen LogP contribution is 2.39. The normalized spacial score (nSPS) is 15.0. The van der Waals surface area contributed by atoms with Crippen molar-refractivity contribution < 1.29 is 4.84 Å². The standard InChI is InChI=1S/C8H8BrNOS/c1-11-10-5-12-8-4-6(9)2-3-7(8)10/h2-4H,5H2,1H3. The molecule has 0 atom stereocenters. The lowest BCUT2D eigenvalue weighted by Gasteiger charge is -2.13. The Bertz CT molecular complexity index is 305. The summed E-state index contributed by atoms with van der Waals surface area (Å²) in [6.45, 7) is 0. The molecule has 0 saturated carbocycles. The molecule has 0 radical (unpaired) electrons. The van der Waals surface area contributed by atoms with Crippen LogP contribution in [0.5, 0.6) is 0 Å². The van der Waals surface area contributed by atoms with Gasteiger partial charge in [-0.1, -0.05) is 27.7 Å².